The zero-order chi connectivity index (χ0) is 10.3. The van der Waals surface area contributed by atoms with E-state index in [0.29, 0.717) is 6.42 Å². The number of rotatable bonds is 0. The summed E-state index contributed by atoms with van der Waals surface area (Å²) in [5.74, 6) is 0.999. The summed E-state index contributed by atoms with van der Waals surface area (Å²) in [4.78, 5) is 14.6. The predicted molar refractivity (Wildman–Crippen MR) is 59.9 cm³/mol. The number of aryl methyl sites for hydroxylation is 1. The predicted octanol–water partition coefficient (Wildman–Crippen LogP) is 2.44. The Morgan fingerprint density at radius 2 is 2.00 bits per heavy atom. The van der Waals surface area contributed by atoms with Gasteiger partial charge in [0.1, 0.15) is 5.82 Å². The number of fused-ring (bicyclic) bond motifs is 3. The van der Waals surface area contributed by atoms with Crippen LogP contribution in [0.5, 0.6) is 0 Å². The number of amides is 1. The molecule has 3 heteroatoms. The third-order valence-electron chi connectivity index (χ3n) is 2.91. The Bertz CT molecular complexity index is 527. The molecule has 3 rings (SSSR count). The maximum absolute atomic E-state index is 11.4. The zero-order valence-corrected chi connectivity index (χ0v) is 8.34. The van der Waals surface area contributed by atoms with Crippen molar-refractivity contribution in [3.63, 3.8) is 0 Å². The van der Waals surface area contributed by atoms with Gasteiger partial charge in [0, 0.05) is 22.9 Å². The van der Waals surface area contributed by atoms with E-state index in [1.165, 1.54) is 10.9 Å². The van der Waals surface area contributed by atoms with Crippen molar-refractivity contribution in [2.75, 3.05) is 5.32 Å². The Kier molecular flexibility index (Phi) is 1.78. The smallest absolute Gasteiger partial charge is 0.225 e. The summed E-state index contributed by atoms with van der Waals surface area (Å²) in [5, 5.41) is 4.15. The topological polar surface area (TPSA) is 44.9 Å². The molecular weight excluding hydrogens is 188 g/mol. The van der Waals surface area contributed by atoms with Crippen LogP contribution < -0.4 is 5.32 Å². The number of hydrogen-bond donors (Lipinski definition) is 2. The van der Waals surface area contributed by atoms with Crippen molar-refractivity contribution >= 4 is 22.6 Å². The van der Waals surface area contributed by atoms with Gasteiger partial charge in [0.05, 0.1) is 0 Å². The van der Waals surface area contributed by atoms with Crippen LogP contribution in [0.4, 0.5) is 5.82 Å². The number of hydrogen-bond acceptors (Lipinski definition) is 1. The molecule has 1 amide bonds. The molecule has 2 heterocycles. The second-order valence-electron chi connectivity index (χ2n) is 3.93. The first-order valence-electron chi connectivity index (χ1n) is 5.24. The van der Waals surface area contributed by atoms with E-state index in [0.717, 1.165) is 24.2 Å². The summed E-state index contributed by atoms with van der Waals surface area (Å²) >= 11 is 0. The number of carbonyl (C=O) groups is 1. The molecule has 2 aromatic rings. The van der Waals surface area contributed by atoms with Crippen molar-refractivity contribution < 1.29 is 4.79 Å². The van der Waals surface area contributed by atoms with Gasteiger partial charge < -0.3 is 10.3 Å². The van der Waals surface area contributed by atoms with Crippen molar-refractivity contribution in [2.24, 2.45) is 0 Å². The fraction of sp³-hybridized carbons (Fsp3) is 0.250. The van der Waals surface area contributed by atoms with Crippen molar-refractivity contribution in [1.29, 1.82) is 0 Å². The third kappa shape index (κ3) is 1.31. The first kappa shape index (κ1) is 8.53. The van der Waals surface area contributed by atoms with Crippen LogP contribution in [0.25, 0.3) is 10.9 Å². The Hall–Kier alpha value is -1.77. The minimum Gasteiger partial charge on any atom is -0.341 e. The van der Waals surface area contributed by atoms with Crippen LogP contribution in [-0.4, -0.2) is 10.9 Å². The highest BCUT2D eigenvalue weighted by atomic mass is 16.1. The van der Waals surface area contributed by atoms with Crippen molar-refractivity contribution in [3.8, 4) is 0 Å². The summed E-state index contributed by atoms with van der Waals surface area (Å²) in [6.07, 6.45) is 2.52. The molecule has 0 aliphatic carbocycles. The van der Waals surface area contributed by atoms with Crippen molar-refractivity contribution in [2.45, 2.75) is 19.3 Å². The number of benzene rings is 1. The van der Waals surface area contributed by atoms with Crippen molar-refractivity contribution in [1.82, 2.24) is 4.98 Å². The number of carbonyl (C=O) groups excluding carboxylic acids is 1. The zero-order valence-electron chi connectivity index (χ0n) is 8.34. The molecule has 1 aliphatic rings. The van der Waals surface area contributed by atoms with Gasteiger partial charge in [0.2, 0.25) is 5.91 Å². The van der Waals surface area contributed by atoms with E-state index < -0.39 is 0 Å². The molecule has 0 saturated carbocycles. The highest BCUT2D eigenvalue weighted by Gasteiger charge is 2.16. The Balaban J connectivity index is 2.23. The summed E-state index contributed by atoms with van der Waals surface area (Å²) in [6.45, 7) is 0. The summed E-state index contributed by atoms with van der Waals surface area (Å²) in [6, 6.07) is 8.17. The molecule has 0 bridgehead atoms. The second kappa shape index (κ2) is 3.12. The normalized spacial score (nSPS) is 15.9. The number of H-pyrrole nitrogens is 1. The molecule has 15 heavy (non-hydrogen) atoms. The minimum atomic E-state index is 0.111. The second-order valence-corrected chi connectivity index (χ2v) is 3.93. The summed E-state index contributed by atoms with van der Waals surface area (Å²) in [7, 11) is 0. The molecule has 0 saturated heterocycles. The van der Waals surface area contributed by atoms with Gasteiger partial charge in [-0.3, -0.25) is 4.79 Å². The molecule has 1 aliphatic heterocycles. The highest BCUT2D eigenvalue weighted by molar-refractivity contribution is 5.97. The van der Waals surface area contributed by atoms with Gasteiger partial charge in [-0.2, -0.15) is 0 Å². The third-order valence-corrected chi connectivity index (χ3v) is 2.91. The quantitative estimate of drug-likeness (QED) is 0.674. The van der Waals surface area contributed by atoms with Gasteiger partial charge in [-0.25, -0.2) is 0 Å². The highest BCUT2D eigenvalue weighted by Crippen LogP contribution is 2.29. The molecule has 0 unspecified atom stereocenters. The lowest BCUT2D eigenvalue weighted by molar-refractivity contribution is -0.116. The maximum atomic E-state index is 11.4. The van der Waals surface area contributed by atoms with E-state index in [9.17, 15) is 4.79 Å². The Morgan fingerprint density at radius 3 is 2.93 bits per heavy atom. The van der Waals surface area contributed by atoms with Gasteiger partial charge in [0.15, 0.2) is 0 Å². The molecule has 0 spiro atoms. The van der Waals surface area contributed by atoms with Gasteiger partial charge >= 0.3 is 0 Å². The first-order chi connectivity index (χ1) is 7.34. The average molecular weight is 200 g/mol. The monoisotopic (exact) mass is 200 g/mol. The van der Waals surface area contributed by atoms with Crippen LogP contribution in [0.1, 0.15) is 18.4 Å². The Morgan fingerprint density at radius 1 is 1.13 bits per heavy atom. The largest absolute Gasteiger partial charge is 0.341 e. The minimum absolute atomic E-state index is 0.111. The number of anilines is 1. The van der Waals surface area contributed by atoms with E-state index in [1.54, 1.807) is 0 Å². The average Bonchev–Trinajstić information content (AvgIpc) is 2.46. The van der Waals surface area contributed by atoms with E-state index in [-0.39, 0.29) is 5.91 Å². The van der Waals surface area contributed by atoms with Gasteiger partial charge in [0.25, 0.3) is 0 Å². The van der Waals surface area contributed by atoms with Gasteiger partial charge in [-0.15, -0.1) is 0 Å². The van der Waals surface area contributed by atoms with E-state index in [1.807, 2.05) is 18.2 Å². The summed E-state index contributed by atoms with van der Waals surface area (Å²) < 4.78 is 0. The van der Waals surface area contributed by atoms with Crippen molar-refractivity contribution in [3.05, 3.63) is 29.8 Å². The molecular formula is C12H12N2O. The lowest BCUT2D eigenvalue weighted by atomic mass is 10.1. The number of aromatic nitrogens is 1. The Labute approximate surface area is 87.5 Å². The first-order valence-corrected chi connectivity index (χ1v) is 5.24. The molecule has 1 aromatic heterocycles. The fourth-order valence-corrected chi connectivity index (χ4v) is 2.19. The standard InChI is InChI=1S/C12H12N2O/c15-11-7-3-5-9-8-4-1-2-6-10(8)13-12(9)14-11/h1-2,4,6,13H,3,5,7H2,(H,14,15). The van der Waals surface area contributed by atoms with Gasteiger partial charge in [-0.05, 0) is 18.9 Å². The van der Waals surface area contributed by atoms with Crippen LogP contribution in [0.2, 0.25) is 0 Å². The molecule has 0 atom stereocenters. The molecule has 1 aromatic carbocycles. The van der Waals surface area contributed by atoms with E-state index in [2.05, 4.69) is 16.4 Å². The van der Waals surface area contributed by atoms with Crippen LogP contribution in [0.15, 0.2) is 24.3 Å². The molecule has 3 nitrogen and oxygen atoms in total. The fourth-order valence-electron chi connectivity index (χ4n) is 2.19. The van der Waals surface area contributed by atoms with Crippen LogP contribution >= 0.6 is 0 Å². The van der Waals surface area contributed by atoms with Gasteiger partial charge in [-0.1, -0.05) is 18.2 Å². The SMILES string of the molecule is O=C1CCCc2c([nH]c3ccccc23)N1. The molecule has 0 radical (unpaired) electrons. The molecule has 76 valence electrons. The molecule has 0 fully saturated rings. The van der Waals surface area contributed by atoms with Crippen LogP contribution in [-0.2, 0) is 11.2 Å². The van der Waals surface area contributed by atoms with E-state index in [4.69, 9.17) is 0 Å². The number of aromatic amines is 1. The lowest BCUT2D eigenvalue weighted by Gasteiger charge is -1.98. The van der Waals surface area contributed by atoms with Crippen LogP contribution in [0.3, 0.4) is 0 Å². The number of nitrogens with one attached hydrogen (secondary N) is 2. The molecule has 2 N–H and O–H groups in total. The maximum Gasteiger partial charge on any atom is 0.225 e. The summed E-state index contributed by atoms with van der Waals surface area (Å²) in [5.41, 5.74) is 2.35. The van der Waals surface area contributed by atoms with E-state index >= 15 is 0 Å². The number of para-hydroxylation sites is 1. The van der Waals surface area contributed by atoms with Crippen LogP contribution in [0, 0.1) is 0 Å². The lowest BCUT2D eigenvalue weighted by Crippen LogP contribution is -2.09.